The fourth-order valence-corrected chi connectivity index (χ4v) is 2.66. The van der Waals surface area contributed by atoms with Crippen LogP contribution in [0.2, 0.25) is 0 Å². The van der Waals surface area contributed by atoms with Crippen LogP contribution in [0.25, 0.3) is 10.1 Å². The summed E-state index contributed by atoms with van der Waals surface area (Å²) in [6.07, 6.45) is 0.774. The van der Waals surface area contributed by atoms with E-state index in [0.29, 0.717) is 23.7 Å². The van der Waals surface area contributed by atoms with Crippen LogP contribution < -0.4 is 16.8 Å². The molecule has 2 aromatic rings. The standard InChI is InChI=1S/C12H15N3OS/c13-6-3-7-15-12(16)11-10(14)8-4-1-2-5-9(8)17-11/h1-2,4-5H,3,6-7,13-14H2,(H,15,16). The van der Waals surface area contributed by atoms with Gasteiger partial charge in [0.15, 0.2) is 0 Å². The van der Waals surface area contributed by atoms with Gasteiger partial charge in [0.1, 0.15) is 4.88 Å². The summed E-state index contributed by atoms with van der Waals surface area (Å²) in [6, 6.07) is 7.75. The molecule has 0 aliphatic carbocycles. The zero-order valence-corrected chi connectivity index (χ0v) is 10.2. The molecule has 0 spiro atoms. The third kappa shape index (κ3) is 2.40. The van der Waals surface area contributed by atoms with Gasteiger partial charge in [0.05, 0.1) is 5.69 Å². The van der Waals surface area contributed by atoms with Crippen molar-refractivity contribution >= 4 is 33.0 Å². The smallest absolute Gasteiger partial charge is 0.263 e. The summed E-state index contributed by atoms with van der Waals surface area (Å²) in [5.41, 5.74) is 11.9. The van der Waals surface area contributed by atoms with Crippen molar-refractivity contribution in [2.24, 2.45) is 5.73 Å². The Kier molecular flexibility index (Phi) is 3.61. The van der Waals surface area contributed by atoms with Crippen molar-refractivity contribution in [3.63, 3.8) is 0 Å². The van der Waals surface area contributed by atoms with E-state index < -0.39 is 0 Å². The van der Waals surface area contributed by atoms with E-state index in [1.165, 1.54) is 11.3 Å². The maximum Gasteiger partial charge on any atom is 0.263 e. The van der Waals surface area contributed by atoms with E-state index in [9.17, 15) is 4.79 Å². The number of anilines is 1. The number of nitrogens with two attached hydrogens (primary N) is 2. The lowest BCUT2D eigenvalue weighted by Gasteiger charge is -2.02. The summed E-state index contributed by atoms with van der Waals surface area (Å²) >= 11 is 1.42. The highest BCUT2D eigenvalue weighted by Crippen LogP contribution is 2.33. The molecule has 5 N–H and O–H groups in total. The first-order chi connectivity index (χ1) is 8.24. The van der Waals surface area contributed by atoms with E-state index in [-0.39, 0.29) is 5.91 Å². The van der Waals surface area contributed by atoms with Gasteiger partial charge in [0.2, 0.25) is 0 Å². The van der Waals surface area contributed by atoms with Gasteiger partial charge >= 0.3 is 0 Å². The molecule has 2 rings (SSSR count). The molecular formula is C12H15N3OS. The SMILES string of the molecule is NCCCNC(=O)c1sc2ccccc2c1N. The number of benzene rings is 1. The molecule has 1 aromatic carbocycles. The zero-order valence-electron chi connectivity index (χ0n) is 9.40. The van der Waals surface area contributed by atoms with E-state index in [1.54, 1.807) is 0 Å². The Hall–Kier alpha value is -1.59. The number of hydrogen-bond donors (Lipinski definition) is 3. The van der Waals surface area contributed by atoms with E-state index in [0.717, 1.165) is 16.5 Å². The highest BCUT2D eigenvalue weighted by molar-refractivity contribution is 7.21. The molecule has 90 valence electrons. The Bertz CT molecular complexity index is 536. The number of nitrogen functional groups attached to an aromatic ring is 1. The lowest BCUT2D eigenvalue weighted by atomic mass is 10.2. The number of carbonyl (C=O) groups excluding carboxylic acids is 1. The maximum absolute atomic E-state index is 11.9. The van der Waals surface area contributed by atoms with Gasteiger partial charge in [-0.1, -0.05) is 18.2 Å². The molecule has 1 heterocycles. The van der Waals surface area contributed by atoms with Gasteiger partial charge in [-0.2, -0.15) is 0 Å². The minimum absolute atomic E-state index is 0.114. The first-order valence-electron chi connectivity index (χ1n) is 5.49. The quantitative estimate of drug-likeness (QED) is 0.719. The molecule has 0 unspecified atom stereocenters. The van der Waals surface area contributed by atoms with Crippen molar-refractivity contribution in [2.75, 3.05) is 18.8 Å². The second kappa shape index (κ2) is 5.16. The third-order valence-corrected chi connectivity index (χ3v) is 3.69. The molecular weight excluding hydrogens is 234 g/mol. The third-order valence-electron chi connectivity index (χ3n) is 2.51. The predicted molar refractivity (Wildman–Crippen MR) is 72.2 cm³/mol. The highest BCUT2D eigenvalue weighted by atomic mass is 32.1. The molecule has 1 amide bonds. The fourth-order valence-electron chi connectivity index (χ4n) is 1.62. The van der Waals surface area contributed by atoms with Gasteiger partial charge < -0.3 is 16.8 Å². The van der Waals surface area contributed by atoms with Crippen LogP contribution in [0.15, 0.2) is 24.3 Å². The lowest BCUT2D eigenvalue weighted by molar-refractivity contribution is 0.0958. The monoisotopic (exact) mass is 249 g/mol. The molecule has 0 atom stereocenters. The summed E-state index contributed by atoms with van der Waals surface area (Å²) in [6.45, 7) is 1.16. The summed E-state index contributed by atoms with van der Waals surface area (Å²) < 4.78 is 1.04. The molecule has 0 aliphatic rings. The summed E-state index contributed by atoms with van der Waals surface area (Å²) in [7, 11) is 0. The number of carbonyl (C=O) groups is 1. The Morgan fingerprint density at radius 2 is 2.12 bits per heavy atom. The summed E-state index contributed by atoms with van der Waals surface area (Å²) in [4.78, 5) is 12.5. The van der Waals surface area contributed by atoms with Gasteiger partial charge in [-0.05, 0) is 19.0 Å². The molecule has 0 bridgehead atoms. The van der Waals surface area contributed by atoms with Crippen molar-refractivity contribution in [1.29, 1.82) is 0 Å². The van der Waals surface area contributed by atoms with Gasteiger partial charge in [-0.3, -0.25) is 4.79 Å². The van der Waals surface area contributed by atoms with E-state index in [2.05, 4.69) is 5.32 Å². The van der Waals surface area contributed by atoms with Crippen LogP contribution in [0, 0.1) is 0 Å². The van der Waals surface area contributed by atoms with Crippen LogP contribution in [0.5, 0.6) is 0 Å². The molecule has 0 radical (unpaired) electrons. The summed E-state index contributed by atoms with van der Waals surface area (Å²) in [5.74, 6) is -0.114. The lowest BCUT2D eigenvalue weighted by Crippen LogP contribution is -2.25. The van der Waals surface area contributed by atoms with Crippen LogP contribution in [0.1, 0.15) is 16.1 Å². The van der Waals surface area contributed by atoms with Crippen molar-refractivity contribution in [1.82, 2.24) is 5.32 Å². The van der Waals surface area contributed by atoms with Crippen LogP contribution in [-0.4, -0.2) is 19.0 Å². The second-order valence-electron chi connectivity index (χ2n) is 3.74. The molecule has 5 heteroatoms. The number of nitrogens with one attached hydrogen (secondary N) is 1. The molecule has 17 heavy (non-hydrogen) atoms. The minimum Gasteiger partial charge on any atom is -0.397 e. The first kappa shape index (κ1) is 11.9. The minimum atomic E-state index is -0.114. The molecule has 1 aromatic heterocycles. The molecule has 0 aliphatic heterocycles. The van der Waals surface area contributed by atoms with Gasteiger partial charge in [0.25, 0.3) is 5.91 Å². The predicted octanol–water partition coefficient (Wildman–Crippen LogP) is 1.56. The number of amides is 1. The van der Waals surface area contributed by atoms with E-state index in [4.69, 9.17) is 11.5 Å². The number of thiophene rings is 1. The topological polar surface area (TPSA) is 81.1 Å². The van der Waals surface area contributed by atoms with E-state index >= 15 is 0 Å². The number of fused-ring (bicyclic) bond motifs is 1. The van der Waals surface area contributed by atoms with Crippen LogP contribution in [0.3, 0.4) is 0 Å². The molecule has 4 nitrogen and oxygen atoms in total. The molecule has 0 saturated heterocycles. The zero-order chi connectivity index (χ0) is 12.3. The van der Waals surface area contributed by atoms with Crippen LogP contribution in [-0.2, 0) is 0 Å². The average molecular weight is 249 g/mol. The Morgan fingerprint density at radius 1 is 1.35 bits per heavy atom. The van der Waals surface area contributed by atoms with Gasteiger partial charge in [-0.15, -0.1) is 11.3 Å². The molecule has 0 fully saturated rings. The first-order valence-corrected chi connectivity index (χ1v) is 6.31. The molecule has 0 saturated carbocycles. The fraction of sp³-hybridized carbons (Fsp3) is 0.250. The van der Waals surface area contributed by atoms with Crippen molar-refractivity contribution < 1.29 is 4.79 Å². The van der Waals surface area contributed by atoms with Crippen LogP contribution >= 0.6 is 11.3 Å². The Morgan fingerprint density at radius 3 is 2.82 bits per heavy atom. The van der Waals surface area contributed by atoms with Crippen molar-refractivity contribution in [3.05, 3.63) is 29.1 Å². The van der Waals surface area contributed by atoms with Gasteiger partial charge in [-0.25, -0.2) is 0 Å². The Labute approximate surface area is 104 Å². The van der Waals surface area contributed by atoms with Crippen LogP contribution in [0.4, 0.5) is 5.69 Å². The van der Waals surface area contributed by atoms with Gasteiger partial charge in [0, 0.05) is 16.6 Å². The van der Waals surface area contributed by atoms with Crippen molar-refractivity contribution in [3.8, 4) is 0 Å². The van der Waals surface area contributed by atoms with Crippen molar-refractivity contribution in [2.45, 2.75) is 6.42 Å². The maximum atomic E-state index is 11.9. The Balaban J connectivity index is 2.23. The average Bonchev–Trinajstić information content (AvgIpc) is 2.68. The number of rotatable bonds is 4. The number of hydrogen-bond acceptors (Lipinski definition) is 4. The normalized spacial score (nSPS) is 10.6. The highest BCUT2D eigenvalue weighted by Gasteiger charge is 2.15. The second-order valence-corrected chi connectivity index (χ2v) is 4.79. The largest absolute Gasteiger partial charge is 0.397 e. The summed E-state index contributed by atoms with van der Waals surface area (Å²) in [5, 5.41) is 3.76. The van der Waals surface area contributed by atoms with E-state index in [1.807, 2.05) is 24.3 Å².